The van der Waals surface area contributed by atoms with Crippen LogP contribution in [-0.4, -0.2) is 12.6 Å². The fraction of sp³-hybridized carbons (Fsp3) is 0.316. The maximum absolute atomic E-state index is 12.4. The number of esters is 1. The summed E-state index contributed by atoms with van der Waals surface area (Å²) in [7, 11) is 0. The van der Waals surface area contributed by atoms with Crippen molar-refractivity contribution in [3.63, 3.8) is 0 Å². The number of carbonyl (C=O) groups excluding carboxylic acids is 1. The van der Waals surface area contributed by atoms with E-state index < -0.39 is 0 Å². The first-order valence-corrected chi connectivity index (χ1v) is 7.65. The number of hydrogen-bond acceptors (Lipinski definition) is 2. The number of carbonyl (C=O) groups is 1. The van der Waals surface area contributed by atoms with Gasteiger partial charge in [0.2, 0.25) is 0 Å². The molecule has 0 saturated carbocycles. The second kappa shape index (κ2) is 4.73. The van der Waals surface area contributed by atoms with Crippen LogP contribution >= 0.6 is 0 Å². The highest BCUT2D eigenvalue weighted by atomic mass is 16.5. The average Bonchev–Trinajstić information content (AvgIpc) is 2.55. The highest BCUT2D eigenvalue weighted by molar-refractivity contribution is 5.77. The molecule has 0 aromatic heterocycles. The molecular formula is C19H18O2. The largest absolute Gasteiger partial charge is 0.466 e. The summed E-state index contributed by atoms with van der Waals surface area (Å²) in [5.74, 6) is 0.398. The molecule has 0 amide bonds. The van der Waals surface area contributed by atoms with Crippen molar-refractivity contribution in [3.8, 4) is 0 Å². The smallest absolute Gasteiger partial charge is 0.309 e. The van der Waals surface area contributed by atoms with Crippen molar-refractivity contribution >= 4 is 5.97 Å². The molecule has 0 radical (unpaired) electrons. The zero-order valence-electron chi connectivity index (χ0n) is 12.1. The molecule has 0 fully saturated rings. The standard InChI is InChI=1S/C19H18O2/c1-2-21-19(20)17-11-16-12-7-3-5-9-14(12)18(17)15-10-6-4-8-13(15)16/h3-10,16-18H,2,11H2,1H3/t16?,17-,18?/m1/s1. The molecular weight excluding hydrogens is 260 g/mol. The molecule has 5 rings (SSSR count). The molecule has 21 heavy (non-hydrogen) atoms. The van der Waals surface area contributed by atoms with Gasteiger partial charge in [-0.3, -0.25) is 4.79 Å². The summed E-state index contributed by atoms with van der Waals surface area (Å²) in [6.07, 6.45) is 0.873. The maximum atomic E-state index is 12.4. The van der Waals surface area contributed by atoms with Crippen LogP contribution in [0.2, 0.25) is 0 Å². The molecule has 2 aromatic rings. The van der Waals surface area contributed by atoms with Gasteiger partial charge in [-0.1, -0.05) is 48.5 Å². The van der Waals surface area contributed by atoms with Gasteiger partial charge in [0, 0.05) is 11.8 Å². The van der Waals surface area contributed by atoms with Gasteiger partial charge in [0.1, 0.15) is 0 Å². The van der Waals surface area contributed by atoms with E-state index in [0.29, 0.717) is 12.5 Å². The first kappa shape index (κ1) is 12.6. The van der Waals surface area contributed by atoms with E-state index in [9.17, 15) is 4.79 Å². The van der Waals surface area contributed by atoms with Gasteiger partial charge in [0.25, 0.3) is 0 Å². The summed E-state index contributed by atoms with van der Waals surface area (Å²) in [5.41, 5.74) is 5.40. The van der Waals surface area contributed by atoms with Gasteiger partial charge in [0.15, 0.2) is 0 Å². The van der Waals surface area contributed by atoms with E-state index in [1.165, 1.54) is 22.3 Å². The second-order valence-corrected chi connectivity index (χ2v) is 5.88. The van der Waals surface area contributed by atoms with Crippen molar-refractivity contribution in [1.82, 2.24) is 0 Å². The minimum Gasteiger partial charge on any atom is -0.466 e. The molecule has 0 aliphatic heterocycles. The van der Waals surface area contributed by atoms with Crippen molar-refractivity contribution in [2.24, 2.45) is 5.92 Å². The zero-order chi connectivity index (χ0) is 14.4. The van der Waals surface area contributed by atoms with Gasteiger partial charge < -0.3 is 4.74 Å². The summed E-state index contributed by atoms with van der Waals surface area (Å²) >= 11 is 0. The lowest BCUT2D eigenvalue weighted by Gasteiger charge is -2.44. The van der Waals surface area contributed by atoms with Crippen LogP contribution in [0.15, 0.2) is 48.5 Å². The van der Waals surface area contributed by atoms with Crippen LogP contribution in [0.4, 0.5) is 0 Å². The molecule has 1 atom stereocenters. The summed E-state index contributed by atoms with van der Waals surface area (Å²) in [6.45, 7) is 2.33. The van der Waals surface area contributed by atoms with Crippen LogP contribution in [0, 0.1) is 5.92 Å². The third kappa shape index (κ3) is 1.75. The predicted molar refractivity (Wildman–Crippen MR) is 81.3 cm³/mol. The van der Waals surface area contributed by atoms with Crippen molar-refractivity contribution in [2.75, 3.05) is 6.61 Å². The van der Waals surface area contributed by atoms with Crippen molar-refractivity contribution in [1.29, 1.82) is 0 Å². The minimum absolute atomic E-state index is 0.0419. The Bertz CT molecular complexity index is 657. The Morgan fingerprint density at radius 3 is 2.05 bits per heavy atom. The van der Waals surface area contributed by atoms with E-state index in [1.807, 2.05) is 6.92 Å². The molecule has 0 spiro atoms. The minimum atomic E-state index is -0.0449. The highest BCUT2D eigenvalue weighted by Gasteiger charge is 2.46. The fourth-order valence-electron chi connectivity index (χ4n) is 4.12. The predicted octanol–water partition coefficient (Wildman–Crippen LogP) is 3.85. The van der Waals surface area contributed by atoms with E-state index >= 15 is 0 Å². The molecule has 2 aromatic carbocycles. The lowest BCUT2D eigenvalue weighted by atomic mass is 9.59. The van der Waals surface area contributed by atoms with Gasteiger partial charge in [-0.05, 0) is 35.6 Å². The monoisotopic (exact) mass is 278 g/mol. The van der Waals surface area contributed by atoms with Crippen LogP contribution in [0.3, 0.4) is 0 Å². The Hall–Kier alpha value is -2.09. The van der Waals surface area contributed by atoms with Gasteiger partial charge in [0.05, 0.1) is 12.5 Å². The summed E-state index contributed by atoms with van der Waals surface area (Å²) in [5, 5.41) is 0. The average molecular weight is 278 g/mol. The summed E-state index contributed by atoms with van der Waals surface area (Å²) < 4.78 is 5.33. The van der Waals surface area contributed by atoms with Crippen molar-refractivity contribution in [3.05, 3.63) is 70.8 Å². The molecule has 0 saturated heterocycles. The van der Waals surface area contributed by atoms with Crippen LogP contribution in [0.5, 0.6) is 0 Å². The highest BCUT2D eigenvalue weighted by Crippen LogP contribution is 2.55. The summed E-state index contributed by atoms with van der Waals surface area (Å²) in [4.78, 5) is 12.4. The number of hydrogen-bond donors (Lipinski definition) is 0. The number of ether oxygens (including phenoxy) is 1. The van der Waals surface area contributed by atoms with Gasteiger partial charge in [-0.2, -0.15) is 0 Å². The molecule has 0 N–H and O–H groups in total. The van der Waals surface area contributed by atoms with E-state index in [4.69, 9.17) is 4.74 Å². The number of rotatable bonds is 2. The van der Waals surface area contributed by atoms with E-state index in [2.05, 4.69) is 48.5 Å². The SMILES string of the molecule is CCOC(=O)[C@@H]1CC2c3ccccc3C1c1ccccc12. The maximum Gasteiger partial charge on any atom is 0.309 e. The lowest BCUT2D eigenvalue weighted by molar-refractivity contribution is -0.149. The Morgan fingerprint density at radius 2 is 1.52 bits per heavy atom. The second-order valence-electron chi connectivity index (χ2n) is 5.88. The lowest BCUT2D eigenvalue weighted by Crippen LogP contribution is -2.37. The molecule has 3 aliphatic carbocycles. The summed E-state index contributed by atoms with van der Waals surface area (Å²) in [6, 6.07) is 17.1. The van der Waals surface area contributed by atoms with Crippen LogP contribution in [-0.2, 0) is 9.53 Å². The van der Waals surface area contributed by atoms with Crippen molar-refractivity contribution < 1.29 is 9.53 Å². The molecule has 106 valence electrons. The first-order chi connectivity index (χ1) is 10.3. The van der Waals surface area contributed by atoms with Gasteiger partial charge in [-0.15, -0.1) is 0 Å². The Balaban J connectivity index is 1.88. The first-order valence-electron chi connectivity index (χ1n) is 7.65. The van der Waals surface area contributed by atoms with E-state index in [1.54, 1.807) is 0 Å². The zero-order valence-corrected chi connectivity index (χ0v) is 12.1. The Morgan fingerprint density at radius 1 is 1.00 bits per heavy atom. The quantitative estimate of drug-likeness (QED) is 0.780. The number of fused-ring (bicyclic) bond motifs is 1. The Labute approximate surface area is 124 Å². The topological polar surface area (TPSA) is 26.3 Å². The van der Waals surface area contributed by atoms with E-state index in [0.717, 1.165) is 6.42 Å². The third-order valence-electron chi connectivity index (χ3n) is 4.89. The Kier molecular flexibility index (Phi) is 2.85. The molecule has 2 nitrogen and oxygen atoms in total. The molecule has 2 heteroatoms. The molecule has 0 unspecified atom stereocenters. The van der Waals surface area contributed by atoms with E-state index in [-0.39, 0.29) is 17.8 Å². The van der Waals surface area contributed by atoms with Crippen LogP contribution in [0.25, 0.3) is 0 Å². The van der Waals surface area contributed by atoms with Crippen LogP contribution < -0.4 is 0 Å². The third-order valence-corrected chi connectivity index (χ3v) is 4.89. The van der Waals surface area contributed by atoms with Gasteiger partial charge >= 0.3 is 5.97 Å². The fourth-order valence-corrected chi connectivity index (χ4v) is 4.12. The number of benzene rings is 2. The molecule has 0 heterocycles. The van der Waals surface area contributed by atoms with Crippen molar-refractivity contribution in [2.45, 2.75) is 25.2 Å². The molecule has 3 aliphatic rings. The van der Waals surface area contributed by atoms with Gasteiger partial charge in [-0.25, -0.2) is 0 Å². The molecule has 2 bridgehead atoms. The van der Waals surface area contributed by atoms with Crippen LogP contribution in [0.1, 0.15) is 47.4 Å². The normalized spacial score (nSPS) is 25.1.